The van der Waals surface area contributed by atoms with Crippen molar-refractivity contribution >= 4 is 0 Å². The second kappa shape index (κ2) is 4.70. The summed E-state index contributed by atoms with van der Waals surface area (Å²) in [5, 5.41) is 21.3. The first-order chi connectivity index (χ1) is 5.34. The molecule has 0 radical (unpaired) electrons. The second-order valence-corrected chi connectivity index (χ2v) is 3.14. The molecule has 2 unspecified atom stereocenters. The van der Waals surface area contributed by atoms with Gasteiger partial charge in [0.15, 0.2) is 0 Å². The summed E-state index contributed by atoms with van der Waals surface area (Å²) >= 11 is 0. The van der Waals surface area contributed by atoms with E-state index in [9.17, 15) is 5.11 Å². The Morgan fingerprint density at radius 1 is 1.45 bits per heavy atom. The molecule has 0 bridgehead atoms. The fourth-order valence-electron chi connectivity index (χ4n) is 1.54. The van der Waals surface area contributed by atoms with Crippen molar-refractivity contribution in [1.29, 1.82) is 0 Å². The van der Waals surface area contributed by atoms with Gasteiger partial charge in [0.05, 0.1) is 6.10 Å². The summed E-state index contributed by atoms with van der Waals surface area (Å²) in [4.78, 5) is 0. The monoisotopic (exact) mass is 159 g/mol. The van der Waals surface area contributed by atoms with Crippen LogP contribution in [0.4, 0.5) is 0 Å². The molecule has 3 heteroatoms. The summed E-state index contributed by atoms with van der Waals surface area (Å²) in [6.45, 7) is 1.23. The molecule has 1 aliphatic rings. The Kier molecular flexibility index (Phi) is 3.83. The third-order valence-electron chi connectivity index (χ3n) is 2.22. The van der Waals surface area contributed by atoms with Gasteiger partial charge in [-0.3, -0.25) is 0 Å². The van der Waals surface area contributed by atoms with Crippen molar-refractivity contribution in [2.75, 3.05) is 13.2 Å². The molecule has 0 aromatic rings. The lowest BCUT2D eigenvalue weighted by molar-refractivity contribution is 0.0886. The van der Waals surface area contributed by atoms with Crippen molar-refractivity contribution in [2.24, 2.45) is 0 Å². The molecule has 1 rings (SSSR count). The van der Waals surface area contributed by atoms with Crippen LogP contribution in [0.3, 0.4) is 0 Å². The van der Waals surface area contributed by atoms with Crippen LogP contribution >= 0.6 is 0 Å². The number of hydrogen-bond donors (Lipinski definition) is 3. The van der Waals surface area contributed by atoms with Crippen LogP contribution in [0.2, 0.25) is 0 Å². The molecule has 3 N–H and O–H groups in total. The van der Waals surface area contributed by atoms with Gasteiger partial charge in [-0.1, -0.05) is 0 Å². The largest absolute Gasteiger partial charge is 0.396 e. The lowest BCUT2D eigenvalue weighted by Gasteiger charge is -2.28. The number of aliphatic hydroxyl groups excluding tert-OH is 2. The Morgan fingerprint density at radius 3 is 2.91 bits per heavy atom. The highest BCUT2D eigenvalue weighted by Gasteiger charge is 2.21. The van der Waals surface area contributed by atoms with Gasteiger partial charge in [-0.05, 0) is 32.2 Å². The highest BCUT2D eigenvalue weighted by molar-refractivity contribution is 4.80. The SMILES string of the molecule is OCCCC1NCCCC1O. The first-order valence-corrected chi connectivity index (χ1v) is 4.37. The molecule has 3 nitrogen and oxygen atoms in total. The van der Waals surface area contributed by atoms with Gasteiger partial charge in [0.1, 0.15) is 0 Å². The maximum atomic E-state index is 9.45. The van der Waals surface area contributed by atoms with Crippen molar-refractivity contribution in [1.82, 2.24) is 5.32 Å². The van der Waals surface area contributed by atoms with Crippen LogP contribution in [0.1, 0.15) is 25.7 Å². The fraction of sp³-hybridized carbons (Fsp3) is 1.00. The smallest absolute Gasteiger partial charge is 0.0693 e. The Morgan fingerprint density at radius 2 is 2.27 bits per heavy atom. The van der Waals surface area contributed by atoms with Crippen LogP contribution in [0.5, 0.6) is 0 Å². The Labute approximate surface area is 67.4 Å². The summed E-state index contributed by atoms with van der Waals surface area (Å²) in [7, 11) is 0. The van der Waals surface area contributed by atoms with Gasteiger partial charge in [-0.2, -0.15) is 0 Å². The van der Waals surface area contributed by atoms with Crippen molar-refractivity contribution in [3.63, 3.8) is 0 Å². The van der Waals surface area contributed by atoms with Crippen LogP contribution in [0, 0.1) is 0 Å². The van der Waals surface area contributed by atoms with E-state index in [0.717, 1.165) is 32.2 Å². The lowest BCUT2D eigenvalue weighted by atomic mass is 9.98. The van der Waals surface area contributed by atoms with Gasteiger partial charge in [-0.15, -0.1) is 0 Å². The first-order valence-electron chi connectivity index (χ1n) is 4.37. The number of nitrogens with one attached hydrogen (secondary N) is 1. The molecule has 1 saturated heterocycles. The number of aliphatic hydroxyl groups is 2. The number of rotatable bonds is 3. The molecule has 0 amide bonds. The fourth-order valence-corrected chi connectivity index (χ4v) is 1.54. The lowest BCUT2D eigenvalue weighted by Crippen LogP contribution is -2.44. The average molecular weight is 159 g/mol. The Hall–Kier alpha value is -0.120. The molecule has 0 aromatic heterocycles. The minimum absolute atomic E-state index is 0.199. The first kappa shape index (κ1) is 8.97. The van der Waals surface area contributed by atoms with E-state index >= 15 is 0 Å². The summed E-state index contributed by atoms with van der Waals surface area (Å²) in [6, 6.07) is 0.218. The molecular weight excluding hydrogens is 142 g/mol. The zero-order valence-corrected chi connectivity index (χ0v) is 6.79. The van der Waals surface area contributed by atoms with E-state index in [1.54, 1.807) is 0 Å². The molecule has 0 aromatic carbocycles. The van der Waals surface area contributed by atoms with Gasteiger partial charge in [0.2, 0.25) is 0 Å². The summed E-state index contributed by atoms with van der Waals surface area (Å²) in [5.41, 5.74) is 0. The van der Waals surface area contributed by atoms with Gasteiger partial charge in [0.25, 0.3) is 0 Å². The van der Waals surface area contributed by atoms with Crippen LogP contribution in [-0.2, 0) is 0 Å². The van der Waals surface area contributed by atoms with Gasteiger partial charge < -0.3 is 15.5 Å². The van der Waals surface area contributed by atoms with Crippen molar-refractivity contribution < 1.29 is 10.2 Å². The zero-order chi connectivity index (χ0) is 8.10. The van der Waals surface area contributed by atoms with Crippen LogP contribution in [-0.4, -0.2) is 35.5 Å². The van der Waals surface area contributed by atoms with Crippen molar-refractivity contribution in [2.45, 2.75) is 37.8 Å². The zero-order valence-electron chi connectivity index (χ0n) is 6.79. The molecule has 1 fully saturated rings. The standard InChI is InChI=1S/C8H17NO2/c10-6-2-3-7-8(11)4-1-5-9-7/h7-11H,1-6H2. The topological polar surface area (TPSA) is 52.5 Å². The van der Waals surface area contributed by atoms with Gasteiger partial charge >= 0.3 is 0 Å². The van der Waals surface area contributed by atoms with E-state index in [1.807, 2.05) is 0 Å². The minimum Gasteiger partial charge on any atom is -0.396 e. The molecular formula is C8H17NO2. The van der Waals surface area contributed by atoms with Crippen LogP contribution < -0.4 is 5.32 Å². The summed E-state index contributed by atoms with van der Waals surface area (Å²) in [6.07, 6.45) is 3.45. The molecule has 11 heavy (non-hydrogen) atoms. The predicted octanol–water partition coefficient (Wildman–Crippen LogP) is -0.128. The third-order valence-corrected chi connectivity index (χ3v) is 2.22. The molecule has 66 valence electrons. The van der Waals surface area contributed by atoms with Crippen LogP contribution in [0.15, 0.2) is 0 Å². The van der Waals surface area contributed by atoms with E-state index in [1.165, 1.54) is 0 Å². The molecule has 0 spiro atoms. The molecule has 1 heterocycles. The van der Waals surface area contributed by atoms with Crippen molar-refractivity contribution in [3.8, 4) is 0 Å². The van der Waals surface area contributed by atoms with E-state index in [0.29, 0.717) is 0 Å². The average Bonchev–Trinajstić information content (AvgIpc) is 2.03. The summed E-state index contributed by atoms with van der Waals surface area (Å²) < 4.78 is 0. The number of hydrogen-bond acceptors (Lipinski definition) is 3. The highest BCUT2D eigenvalue weighted by atomic mass is 16.3. The second-order valence-electron chi connectivity index (χ2n) is 3.14. The molecule has 1 aliphatic heterocycles. The third kappa shape index (κ3) is 2.77. The Bertz CT molecular complexity index is 108. The quantitative estimate of drug-likeness (QED) is 0.538. The van der Waals surface area contributed by atoms with Gasteiger partial charge in [0, 0.05) is 12.6 Å². The molecule has 0 aliphatic carbocycles. The summed E-state index contributed by atoms with van der Waals surface area (Å²) in [5.74, 6) is 0. The molecule has 0 saturated carbocycles. The van der Waals surface area contributed by atoms with E-state index in [4.69, 9.17) is 5.11 Å². The highest BCUT2D eigenvalue weighted by Crippen LogP contribution is 2.12. The van der Waals surface area contributed by atoms with E-state index in [2.05, 4.69) is 5.32 Å². The maximum Gasteiger partial charge on any atom is 0.0693 e. The van der Waals surface area contributed by atoms with E-state index in [-0.39, 0.29) is 18.8 Å². The predicted molar refractivity (Wildman–Crippen MR) is 43.4 cm³/mol. The number of piperidine rings is 1. The van der Waals surface area contributed by atoms with Gasteiger partial charge in [-0.25, -0.2) is 0 Å². The van der Waals surface area contributed by atoms with Crippen LogP contribution in [0.25, 0.3) is 0 Å². The maximum absolute atomic E-state index is 9.45. The minimum atomic E-state index is -0.199. The Balaban J connectivity index is 2.18. The van der Waals surface area contributed by atoms with Crippen molar-refractivity contribution in [3.05, 3.63) is 0 Å². The normalized spacial score (nSPS) is 32.2. The van der Waals surface area contributed by atoms with E-state index < -0.39 is 0 Å². The molecule has 2 atom stereocenters.